The Balaban J connectivity index is 1.68. The van der Waals surface area contributed by atoms with Crippen molar-refractivity contribution in [2.75, 3.05) is 12.9 Å². The standard InChI is InChI=1S/C18H24N2O3S/c1-19-12-3-4-17(19)14-20(16-7-8-16)24(21,22)13-11-15-5-9-18(23-2)10-6-15/h3-6,9-10,12,16H,7-8,11,13-14H2,1-2H3. The van der Waals surface area contributed by atoms with Crippen LogP contribution in [-0.2, 0) is 30.0 Å². The van der Waals surface area contributed by atoms with Crippen LogP contribution in [0.1, 0.15) is 24.1 Å². The van der Waals surface area contributed by atoms with Crippen LogP contribution in [0, 0.1) is 0 Å². The largest absolute Gasteiger partial charge is 0.497 e. The van der Waals surface area contributed by atoms with Gasteiger partial charge in [0.1, 0.15) is 5.75 Å². The van der Waals surface area contributed by atoms with Gasteiger partial charge < -0.3 is 9.30 Å². The predicted molar refractivity (Wildman–Crippen MR) is 94.5 cm³/mol. The Hall–Kier alpha value is -1.79. The molecule has 0 spiro atoms. The van der Waals surface area contributed by atoms with Crippen molar-refractivity contribution in [1.82, 2.24) is 8.87 Å². The number of ether oxygens (including phenoxy) is 1. The highest BCUT2D eigenvalue weighted by Gasteiger charge is 2.37. The molecule has 1 heterocycles. The molecule has 0 atom stereocenters. The Bertz CT molecular complexity index is 777. The van der Waals surface area contributed by atoms with Gasteiger partial charge in [-0.1, -0.05) is 12.1 Å². The van der Waals surface area contributed by atoms with E-state index in [1.165, 1.54) is 0 Å². The van der Waals surface area contributed by atoms with Gasteiger partial charge in [-0.05, 0) is 49.1 Å². The average Bonchev–Trinajstić information content (AvgIpc) is 3.33. The van der Waals surface area contributed by atoms with E-state index in [4.69, 9.17) is 4.74 Å². The van der Waals surface area contributed by atoms with Gasteiger partial charge in [0.05, 0.1) is 19.4 Å². The van der Waals surface area contributed by atoms with Crippen molar-refractivity contribution in [2.45, 2.75) is 31.8 Å². The predicted octanol–water partition coefficient (Wildman–Crippen LogP) is 2.57. The van der Waals surface area contributed by atoms with E-state index in [1.807, 2.05) is 54.2 Å². The van der Waals surface area contributed by atoms with E-state index >= 15 is 0 Å². The van der Waals surface area contributed by atoms with E-state index < -0.39 is 10.0 Å². The molecule has 2 aromatic rings. The highest BCUT2D eigenvalue weighted by Crippen LogP contribution is 2.31. The number of hydrogen-bond acceptors (Lipinski definition) is 3. The molecular formula is C18H24N2O3S. The molecule has 1 fully saturated rings. The first-order valence-electron chi connectivity index (χ1n) is 8.22. The second-order valence-electron chi connectivity index (χ2n) is 6.30. The van der Waals surface area contributed by atoms with Crippen molar-refractivity contribution in [1.29, 1.82) is 0 Å². The summed E-state index contributed by atoms with van der Waals surface area (Å²) in [6.45, 7) is 0.457. The first-order chi connectivity index (χ1) is 11.5. The fraction of sp³-hybridized carbons (Fsp3) is 0.444. The Kier molecular flexibility index (Phi) is 4.96. The van der Waals surface area contributed by atoms with Gasteiger partial charge in [0.15, 0.2) is 0 Å². The fourth-order valence-corrected chi connectivity index (χ4v) is 4.52. The van der Waals surface area contributed by atoms with Gasteiger partial charge in [-0.3, -0.25) is 0 Å². The van der Waals surface area contributed by atoms with E-state index in [0.717, 1.165) is 29.8 Å². The monoisotopic (exact) mass is 348 g/mol. The number of nitrogens with zero attached hydrogens (tertiary/aromatic N) is 2. The molecule has 0 saturated heterocycles. The summed E-state index contributed by atoms with van der Waals surface area (Å²) in [5.41, 5.74) is 2.03. The van der Waals surface area contributed by atoms with E-state index in [9.17, 15) is 8.42 Å². The van der Waals surface area contributed by atoms with Gasteiger partial charge in [-0.25, -0.2) is 8.42 Å². The summed E-state index contributed by atoms with van der Waals surface area (Å²) in [5, 5.41) is 0. The number of rotatable bonds is 8. The van der Waals surface area contributed by atoms with Crippen molar-refractivity contribution in [3.63, 3.8) is 0 Å². The quantitative estimate of drug-likeness (QED) is 0.737. The van der Waals surface area contributed by atoms with Gasteiger partial charge in [-0.2, -0.15) is 4.31 Å². The van der Waals surface area contributed by atoms with Crippen molar-refractivity contribution in [3.8, 4) is 5.75 Å². The molecule has 5 nitrogen and oxygen atoms in total. The molecule has 0 bridgehead atoms. The lowest BCUT2D eigenvalue weighted by Gasteiger charge is -2.22. The fourth-order valence-electron chi connectivity index (χ4n) is 2.79. The van der Waals surface area contributed by atoms with Crippen LogP contribution in [-0.4, -0.2) is 36.2 Å². The second-order valence-corrected chi connectivity index (χ2v) is 8.34. The minimum absolute atomic E-state index is 0.139. The van der Waals surface area contributed by atoms with Crippen LogP contribution in [0.25, 0.3) is 0 Å². The first kappa shape index (κ1) is 17.0. The summed E-state index contributed by atoms with van der Waals surface area (Å²) in [5.74, 6) is 0.921. The van der Waals surface area contributed by atoms with Gasteiger partial charge >= 0.3 is 0 Å². The molecule has 1 aromatic carbocycles. The number of aromatic nitrogens is 1. The molecule has 0 amide bonds. The molecule has 1 aromatic heterocycles. The number of benzene rings is 1. The molecule has 3 rings (SSSR count). The van der Waals surface area contributed by atoms with Crippen molar-refractivity contribution in [2.24, 2.45) is 7.05 Å². The SMILES string of the molecule is COc1ccc(CCS(=O)(=O)N(Cc2cccn2C)C2CC2)cc1. The highest BCUT2D eigenvalue weighted by atomic mass is 32.2. The number of sulfonamides is 1. The molecule has 0 radical (unpaired) electrons. The molecule has 130 valence electrons. The summed E-state index contributed by atoms with van der Waals surface area (Å²) in [7, 11) is 0.293. The molecule has 0 N–H and O–H groups in total. The minimum atomic E-state index is -3.28. The van der Waals surface area contributed by atoms with Crippen LogP contribution >= 0.6 is 0 Å². The zero-order valence-corrected chi connectivity index (χ0v) is 15.0. The van der Waals surface area contributed by atoms with Gasteiger partial charge in [0.2, 0.25) is 10.0 Å². The Labute approximate surface area is 143 Å². The maximum atomic E-state index is 12.8. The van der Waals surface area contributed by atoms with Crippen LogP contribution in [0.5, 0.6) is 5.75 Å². The topological polar surface area (TPSA) is 51.5 Å². The Morgan fingerprint density at radius 3 is 2.46 bits per heavy atom. The molecule has 1 aliphatic carbocycles. The number of hydrogen-bond donors (Lipinski definition) is 0. The lowest BCUT2D eigenvalue weighted by atomic mass is 10.2. The third-order valence-corrected chi connectivity index (χ3v) is 6.35. The number of aryl methyl sites for hydroxylation is 2. The van der Waals surface area contributed by atoms with E-state index in [1.54, 1.807) is 11.4 Å². The molecule has 1 saturated carbocycles. The molecule has 0 aliphatic heterocycles. The number of methoxy groups -OCH3 is 1. The van der Waals surface area contributed by atoms with Gasteiger partial charge in [0.25, 0.3) is 0 Å². The van der Waals surface area contributed by atoms with Crippen LogP contribution in [0.2, 0.25) is 0 Å². The Morgan fingerprint density at radius 2 is 1.92 bits per heavy atom. The molecular weight excluding hydrogens is 324 g/mol. The first-order valence-corrected chi connectivity index (χ1v) is 9.83. The zero-order chi connectivity index (χ0) is 17.2. The smallest absolute Gasteiger partial charge is 0.215 e. The third kappa shape index (κ3) is 3.99. The van der Waals surface area contributed by atoms with Crippen LogP contribution in [0.15, 0.2) is 42.6 Å². The maximum Gasteiger partial charge on any atom is 0.215 e. The van der Waals surface area contributed by atoms with Crippen molar-refractivity contribution >= 4 is 10.0 Å². The van der Waals surface area contributed by atoms with Gasteiger partial charge in [-0.15, -0.1) is 0 Å². The summed E-state index contributed by atoms with van der Waals surface area (Å²) in [6, 6.07) is 11.7. The molecule has 1 aliphatic rings. The van der Waals surface area contributed by atoms with E-state index in [-0.39, 0.29) is 11.8 Å². The third-order valence-electron chi connectivity index (χ3n) is 4.49. The van der Waals surface area contributed by atoms with Crippen LogP contribution in [0.3, 0.4) is 0 Å². The highest BCUT2D eigenvalue weighted by molar-refractivity contribution is 7.89. The van der Waals surface area contributed by atoms with E-state index in [0.29, 0.717) is 13.0 Å². The summed E-state index contributed by atoms with van der Waals surface area (Å²) in [6.07, 6.45) is 4.39. The van der Waals surface area contributed by atoms with E-state index in [2.05, 4.69) is 0 Å². The zero-order valence-electron chi connectivity index (χ0n) is 14.2. The van der Waals surface area contributed by atoms with Gasteiger partial charge in [0, 0.05) is 25.0 Å². The summed E-state index contributed by atoms with van der Waals surface area (Å²) in [4.78, 5) is 0. The Morgan fingerprint density at radius 1 is 1.21 bits per heavy atom. The van der Waals surface area contributed by atoms with Crippen molar-refractivity contribution < 1.29 is 13.2 Å². The second kappa shape index (κ2) is 6.99. The molecule has 0 unspecified atom stereocenters. The average molecular weight is 348 g/mol. The lowest BCUT2D eigenvalue weighted by molar-refractivity contribution is 0.390. The molecule has 6 heteroatoms. The normalized spacial score (nSPS) is 15.0. The maximum absolute atomic E-state index is 12.8. The van der Waals surface area contributed by atoms with Crippen LogP contribution in [0.4, 0.5) is 0 Å². The summed E-state index contributed by atoms with van der Waals surface area (Å²) < 4.78 is 34.5. The minimum Gasteiger partial charge on any atom is -0.497 e. The molecule has 24 heavy (non-hydrogen) atoms. The lowest BCUT2D eigenvalue weighted by Crippen LogP contribution is -2.35. The van der Waals surface area contributed by atoms with Crippen molar-refractivity contribution in [3.05, 3.63) is 53.9 Å². The van der Waals surface area contributed by atoms with Crippen LogP contribution < -0.4 is 4.74 Å². The summed E-state index contributed by atoms with van der Waals surface area (Å²) >= 11 is 0.